The van der Waals surface area contributed by atoms with Crippen molar-refractivity contribution in [3.05, 3.63) is 34.9 Å². The Kier molecular flexibility index (Phi) is 2.73. The highest BCUT2D eigenvalue weighted by molar-refractivity contribution is 5.98. The fourth-order valence-electron chi connectivity index (χ4n) is 1.47. The molecule has 0 amide bonds. The first-order valence-corrected chi connectivity index (χ1v) is 5.33. The Labute approximate surface area is 90.4 Å². The van der Waals surface area contributed by atoms with E-state index in [1.54, 1.807) is 0 Å². The van der Waals surface area contributed by atoms with Crippen LogP contribution >= 0.6 is 0 Å². The summed E-state index contributed by atoms with van der Waals surface area (Å²) in [4.78, 5) is 4.53. The molecule has 1 aromatic rings. The SMILES string of the molecule is Cc1ccc(C(=NC2CC2)NN)cc1C. The van der Waals surface area contributed by atoms with Crippen LogP contribution in [-0.4, -0.2) is 11.9 Å². The van der Waals surface area contributed by atoms with Crippen LogP contribution < -0.4 is 11.3 Å². The highest BCUT2D eigenvalue weighted by Crippen LogP contribution is 2.24. The van der Waals surface area contributed by atoms with Crippen LogP contribution in [0, 0.1) is 13.8 Å². The van der Waals surface area contributed by atoms with Gasteiger partial charge in [-0.2, -0.15) is 0 Å². The third kappa shape index (κ3) is 2.36. The molecule has 1 saturated carbocycles. The van der Waals surface area contributed by atoms with E-state index < -0.39 is 0 Å². The molecule has 0 aliphatic heterocycles. The van der Waals surface area contributed by atoms with Crippen molar-refractivity contribution in [1.29, 1.82) is 0 Å². The van der Waals surface area contributed by atoms with Gasteiger partial charge in [-0.05, 0) is 43.9 Å². The summed E-state index contributed by atoms with van der Waals surface area (Å²) in [6.45, 7) is 4.21. The number of nitrogens with one attached hydrogen (secondary N) is 1. The van der Waals surface area contributed by atoms with Crippen LogP contribution in [0.2, 0.25) is 0 Å². The van der Waals surface area contributed by atoms with Crippen LogP contribution in [0.15, 0.2) is 23.2 Å². The van der Waals surface area contributed by atoms with Gasteiger partial charge < -0.3 is 5.43 Å². The summed E-state index contributed by atoms with van der Waals surface area (Å²) < 4.78 is 0. The molecule has 0 saturated heterocycles. The molecule has 1 aromatic carbocycles. The average molecular weight is 203 g/mol. The van der Waals surface area contributed by atoms with Gasteiger partial charge in [0, 0.05) is 5.56 Å². The van der Waals surface area contributed by atoms with E-state index in [1.807, 2.05) is 0 Å². The maximum atomic E-state index is 5.49. The van der Waals surface area contributed by atoms with Crippen molar-refractivity contribution in [3.8, 4) is 0 Å². The largest absolute Gasteiger partial charge is 0.308 e. The van der Waals surface area contributed by atoms with Gasteiger partial charge in [0.15, 0.2) is 0 Å². The summed E-state index contributed by atoms with van der Waals surface area (Å²) >= 11 is 0. The molecule has 0 bridgehead atoms. The molecule has 0 heterocycles. The predicted octanol–water partition coefficient (Wildman–Crippen LogP) is 1.68. The Morgan fingerprint density at radius 2 is 2.07 bits per heavy atom. The maximum absolute atomic E-state index is 5.49. The highest BCUT2D eigenvalue weighted by atomic mass is 15.3. The number of hydrogen-bond acceptors (Lipinski definition) is 2. The maximum Gasteiger partial charge on any atom is 0.142 e. The molecule has 1 fully saturated rings. The zero-order chi connectivity index (χ0) is 10.8. The minimum Gasteiger partial charge on any atom is -0.308 e. The molecule has 2 rings (SSSR count). The molecule has 0 spiro atoms. The van der Waals surface area contributed by atoms with E-state index >= 15 is 0 Å². The number of nitrogens with two attached hydrogens (primary N) is 1. The Hall–Kier alpha value is -1.35. The monoisotopic (exact) mass is 203 g/mol. The molecule has 0 aromatic heterocycles. The third-order valence-electron chi connectivity index (χ3n) is 2.78. The molecule has 80 valence electrons. The molecule has 0 atom stereocenters. The van der Waals surface area contributed by atoms with E-state index in [9.17, 15) is 0 Å². The molecule has 1 aliphatic carbocycles. The van der Waals surface area contributed by atoms with E-state index in [-0.39, 0.29) is 0 Å². The molecule has 0 unspecified atom stereocenters. The second-order valence-electron chi connectivity index (χ2n) is 4.15. The van der Waals surface area contributed by atoms with Crippen molar-refractivity contribution < 1.29 is 0 Å². The lowest BCUT2D eigenvalue weighted by molar-refractivity contribution is 0.970. The minimum atomic E-state index is 0.484. The molecule has 3 nitrogen and oxygen atoms in total. The quantitative estimate of drug-likeness (QED) is 0.332. The molecule has 0 radical (unpaired) electrons. The van der Waals surface area contributed by atoms with Crippen molar-refractivity contribution in [1.82, 2.24) is 5.43 Å². The second kappa shape index (κ2) is 4.03. The van der Waals surface area contributed by atoms with Gasteiger partial charge in [-0.15, -0.1) is 0 Å². The van der Waals surface area contributed by atoms with Gasteiger partial charge in [0.25, 0.3) is 0 Å². The van der Waals surface area contributed by atoms with Crippen molar-refractivity contribution in [2.75, 3.05) is 0 Å². The number of rotatable bonds is 2. The molecule has 3 heteroatoms. The number of hydrogen-bond donors (Lipinski definition) is 2. The lowest BCUT2D eigenvalue weighted by Gasteiger charge is -2.08. The number of nitrogens with zero attached hydrogens (tertiary/aromatic N) is 1. The van der Waals surface area contributed by atoms with Gasteiger partial charge in [-0.3, -0.25) is 4.99 Å². The van der Waals surface area contributed by atoms with Gasteiger partial charge >= 0.3 is 0 Å². The number of hydrazine groups is 1. The predicted molar refractivity (Wildman–Crippen MR) is 62.8 cm³/mol. The fraction of sp³-hybridized carbons (Fsp3) is 0.417. The minimum absolute atomic E-state index is 0.484. The lowest BCUT2D eigenvalue weighted by atomic mass is 10.1. The Morgan fingerprint density at radius 3 is 2.60 bits per heavy atom. The molecule has 1 aliphatic rings. The molecular weight excluding hydrogens is 186 g/mol. The normalized spacial score (nSPS) is 16.6. The first-order chi connectivity index (χ1) is 7.20. The van der Waals surface area contributed by atoms with E-state index in [4.69, 9.17) is 5.84 Å². The van der Waals surface area contributed by atoms with Gasteiger partial charge in [-0.1, -0.05) is 12.1 Å². The Balaban J connectivity index is 2.29. The van der Waals surface area contributed by atoms with Crippen LogP contribution in [0.5, 0.6) is 0 Å². The average Bonchev–Trinajstić information content (AvgIpc) is 3.02. The summed E-state index contributed by atoms with van der Waals surface area (Å²) in [5, 5.41) is 0. The second-order valence-corrected chi connectivity index (χ2v) is 4.15. The number of aryl methyl sites for hydroxylation is 2. The van der Waals surface area contributed by atoms with E-state index in [1.165, 1.54) is 24.0 Å². The van der Waals surface area contributed by atoms with Gasteiger partial charge in [0.05, 0.1) is 6.04 Å². The molecule has 3 N–H and O–H groups in total. The number of aliphatic imine (C=N–C) groups is 1. The summed E-state index contributed by atoms with van der Waals surface area (Å²) in [5.74, 6) is 6.29. The van der Waals surface area contributed by atoms with Crippen molar-refractivity contribution >= 4 is 5.84 Å². The molecule has 15 heavy (non-hydrogen) atoms. The zero-order valence-corrected chi connectivity index (χ0v) is 9.25. The summed E-state index contributed by atoms with van der Waals surface area (Å²) in [5.41, 5.74) is 6.33. The molecular formula is C12H17N3. The fourth-order valence-corrected chi connectivity index (χ4v) is 1.47. The number of amidine groups is 1. The van der Waals surface area contributed by atoms with Crippen molar-refractivity contribution in [2.45, 2.75) is 32.7 Å². The first-order valence-electron chi connectivity index (χ1n) is 5.33. The van der Waals surface area contributed by atoms with E-state index in [0.717, 1.165) is 11.4 Å². The van der Waals surface area contributed by atoms with Crippen LogP contribution in [0.25, 0.3) is 0 Å². The number of benzene rings is 1. The summed E-state index contributed by atoms with van der Waals surface area (Å²) in [7, 11) is 0. The van der Waals surface area contributed by atoms with E-state index in [0.29, 0.717) is 6.04 Å². The zero-order valence-electron chi connectivity index (χ0n) is 9.25. The van der Waals surface area contributed by atoms with Crippen molar-refractivity contribution in [3.63, 3.8) is 0 Å². The topological polar surface area (TPSA) is 50.4 Å². The summed E-state index contributed by atoms with van der Waals surface area (Å²) in [6, 6.07) is 6.77. The Morgan fingerprint density at radius 1 is 1.33 bits per heavy atom. The Bertz CT molecular complexity index is 392. The van der Waals surface area contributed by atoms with Crippen LogP contribution in [-0.2, 0) is 0 Å². The highest BCUT2D eigenvalue weighted by Gasteiger charge is 2.21. The van der Waals surface area contributed by atoms with Crippen LogP contribution in [0.3, 0.4) is 0 Å². The van der Waals surface area contributed by atoms with Crippen LogP contribution in [0.1, 0.15) is 29.5 Å². The van der Waals surface area contributed by atoms with Gasteiger partial charge in [-0.25, -0.2) is 5.84 Å². The van der Waals surface area contributed by atoms with Gasteiger partial charge in [0.1, 0.15) is 5.84 Å². The standard InChI is InChI=1S/C12H17N3/c1-8-3-4-10(7-9(8)2)12(15-13)14-11-5-6-11/h3-4,7,11H,5-6,13H2,1-2H3,(H,14,15). The lowest BCUT2D eigenvalue weighted by Crippen LogP contribution is -2.31. The first kappa shape index (κ1) is 10.2. The van der Waals surface area contributed by atoms with Gasteiger partial charge in [0.2, 0.25) is 0 Å². The van der Waals surface area contributed by atoms with Crippen molar-refractivity contribution in [2.24, 2.45) is 10.8 Å². The smallest absolute Gasteiger partial charge is 0.142 e. The third-order valence-corrected chi connectivity index (χ3v) is 2.78. The van der Waals surface area contributed by atoms with E-state index in [2.05, 4.69) is 42.5 Å². The van der Waals surface area contributed by atoms with Crippen LogP contribution in [0.4, 0.5) is 0 Å². The summed E-state index contributed by atoms with van der Waals surface area (Å²) in [6.07, 6.45) is 2.38.